The van der Waals surface area contributed by atoms with E-state index in [1.54, 1.807) is 0 Å². The second-order valence-corrected chi connectivity index (χ2v) is 14.1. The Morgan fingerprint density at radius 3 is 1.14 bits per heavy atom. The molecule has 0 amide bonds. The van der Waals surface area contributed by atoms with E-state index in [9.17, 15) is 0 Å². The molecule has 56 heavy (non-hydrogen) atoms. The maximum absolute atomic E-state index is 5.27. The molecule has 0 bridgehead atoms. The summed E-state index contributed by atoms with van der Waals surface area (Å²) in [6.45, 7) is 0. The van der Waals surface area contributed by atoms with Crippen LogP contribution in [0.4, 0.5) is 0 Å². The lowest BCUT2D eigenvalue weighted by Gasteiger charge is -2.12. The van der Waals surface area contributed by atoms with Gasteiger partial charge in [0.15, 0.2) is 11.6 Å². The van der Waals surface area contributed by atoms with Gasteiger partial charge in [-0.2, -0.15) is 9.97 Å². The molecule has 0 aliphatic rings. The predicted octanol–water partition coefficient (Wildman–Crippen LogP) is 12.7. The summed E-state index contributed by atoms with van der Waals surface area (Å²) in [4.78, 5) is 15.7. The normalized spacial score (nSPS) is 11.6. The maximum Gasteiger partial charge on any atom is 0.238 e. The van der Waals surface area contributed by atoms with E-state index in [2.05, 4.69) is 197 Å². The van der Waals surface area contributed by atoms with Crippen molar-refractivity contribution in [3.63, 3.8) is 0 Å². The lowest BCUT2D eigenvalue weighted by Crippen LogP contribution is -2.06. The number of hydrogen-bond acceptors (Lipinski definition) is 3. The fourth-order valence-electron chi connectivity index (χ4n) is 8.20. The molecule has 5 nitrogen and oxygen atoms in total. The first-order valence-electron chi connectivity index (χ1n) is 18.9. The molecule has 0 radical (unpaired) electrons. The van der Waals surface area contributed by atoms with Crippen LogP contribution in [-0.4, -0.2) is 24.1 Å². The van der Waals surface area contributed by atoms with E-state index in [1.165, 1.54) is 32.8 Å². The molecule has 0 aliphatic carbocycles. The first-order chi connectivity index (χ1) is 27.8. The van der Waals surface area contributed by atoms with Crippen molar-refractivity contribution in [3.05, 3.63) is 200 Å². The first kappa shape index (κ1) is 31.9. The van der Waals surface area contributed by atoms with Crippen molar-refractivity contribution in [3.8, 4) is 56.7 Å². The third-order valence-corrected chi connectivity index (χ3v) is 10.8. The van der Waals surface area contributed by atoms with Crippen LogP contribution in [0.25, 0.3) is 100 Å². The van der Waals surface area contributed by atoms with Crippen LogP contribution in [0.1, 0.15) is 0 Å². The fraction of sp³-hybridized carbons (Fsp3) is 0. The highest BCUT2D eigenvalue weighted by Gasteiger charge is 2.22. The Morgan fingerprint density at radius 1 is 0.268 bits per heavy atom. The van der Waals surface area contributed by atoms with Gasteiger partial charge in [-0.15, -0.1) is 0 Å². The molecule has 11 aromatic rings. The molecule has 0 N–H and O–H groups in total. The largest absolute Gasteiger partial charge is 0.309 e. The van der Waals surface area contributed by atoms with Crippen LogP contribution in [-0.2, 0) is 0 Å². The van der Waals surface area contributed by atoms with E-state index in [0.29, 0.717) is 17.6 Å². The third-order valence-electron chi connectivity index (χ3n) is 10.8. The van der Waals surface area contributed by atoms with Crippen molar-refractivity contribution in [2.24, 2.45) is 0 Å². The van der Waals surface area contributed by atoms with Crippen molar-refractivity contribution >= 4 is 43.6 Å². The van der Waals surface area contributed by atoms with Crippen molar-refractivity contribution in [2.75, 3.05) is 0 Å². The van der Waals surface area contributed by atoms with Crippen LogP contribution in [0.2, 0.25) is 0 Å². The average molecular weight is 716 g/mol. The summed E-state index contributed by atoms with van der Waals surface area (Å²) in [5.74, 6) is 1.80. The van der Waals surface area contributed by atoms with Crippen LogP contribution in [0.5, 0.6) is 0 Å². The Morgan fingerprint density at radius 2 is 0.643 bits per heavy atom. The first-order valence-corrected chi connectivity index (χ1v) is 18.9. The van der Waals surface area contributed by atoms with Gasteiger partial charge in [0, 0.05) is 38.4 Å². The number of rotatable bonds is 6. The minimum Gasteiger partial charge on any atom is -0.309 e. The standard InChI is InChI=1S/C51H33N5/c1-4-14-34(15-5-1)36-24-28-38(29-25-36)49-52-50(39-30-26-37(27-31-39)35-16-6-2-7-17-35)54-51(53-49)56-44-23-13-11-21-42(44)48-46(56)33-32-45-47(48)41-20-10-12-22-43(41)55(45)40-18-8-3-9-19-40/h1-33H. The highest BCUT2D eigenvalue weighted by molar-refractivity contribution is 6.28. The van der Waals surface area contributed by atoms with Crippen LogP contribution in [0, 0.1) is 0 Å². The third kappa shape index (κ3) is 5.21. The van der Waals surface area contributed by atoms with Crippen molar-refractivity contribution in [2.45, 2.75) is 0 Å². The summed E-state index contributed by atoms with van der Waals surface area (Å²) >= 11 is 0. The van der Waals surface area contributed by atoms with Crippen molar-refractivity contribution in [1.29, 1.82) is 0 Å². The molecular weight excluding hydrogens is 683 g/mol. The van der Waals surface area contributed by atoms with Gasteiger partial charge in [-0.3, -0.25) is 4.57 Å². The fourth-order valence-corrected chi connectivity index (χ4v) is 8.20. The van der Waals surface area contributed by atoms with Crippen LogP contribution in [0.15, 0.2) is 200 Å². The average Bonchev–Trinajstić information content (AvgIpc) is 3.80. The zero-order valence-electron chi connectivity index (χ0n) is 30.3. The van der Waals surface area contributed by atoms with Crippen LogP contribution < -0.4 is 0 Å². The summed E-state index contributed by atoms with van der Waals surface area (Å²) < 4.78 is 4.58. The monoisotopic (exact) mass is 715 g/mol. The van der Waals surface area contributed by atoms with Gasteiger partial charge in [0.25, 0.3) is 0 Å². The van der Waals surface area contributed by atoms with Gasteiger partial charge in [0.05, 0.1) is 22.1 Å². The van der Waals surface area contributed by atoms with E-state index < -0.39 is 0 Å². The Hall–Kier alpha value is -7.63. The Kier molecular flexibility index (Phi) is 7.42. The van der Waals surface area contributed by atoms with Gasteiger partial charge >= 0.3 is 0 Å². The molecule has 0 fully saturated rings. The molecule has 3 aromatic heterocycles. The number of para-hydroxylation sites is 3. The second-order valence-electron chi connectivity index (χ2n) is 14.1. The van der Waals surface area contributed by atoms with E-state index in [0.717, 1.165) is 49.9 Å². The summed E-state index contributed by atoms with van der Waals surface area (Å²) in [7, 11) is 0. The zero-order chi connectivity index (χ0) is 37.0. The molecule has 5 heteroatoms. The van der Waals surface area contributed by atoms with E-state index in [-0.39, 0.29) is 0 Å². The van der Waals surface area contributed by atoms with E-state index in [1.807, 2.05) is 12.1 Å². The molecule has 262 valence electrons. The van der Waals surface area contributed by atoms with Gasteiger partial charge in [0.1, 0.15) is 0 Å². The van der Waals surface area contributed by atoms with E-state index in [4.69, 9.17) is 15.0 Å². The summed E-state index contributed by atoms with van der Waals surface area (Å²) in [6.07, 6.45) is 0. The minimum absolute atomic E-state index is 0.571. The lowest BCUT2D eigenvalue weighted by molar-refractivity contribution is 0.953. The highest BCUT2D eigenvalue weighted by Crippen LogP contribution is 2.42. The van der Waals surface area contributed by atoms with Gasteiger partial charge in [-0.1, -0.05) is 164 Å². The SMILES string of the molecule is c1ccc(-c2ccc(-c3nc(-c4ccc(-c5ccccc5)cc4)nc(-n4c5ccccc5c5c6c7ccccc7n(-c7ccccc7)c6ccc54)n3)cc2)cc1. The molecule has 0 unspecified atom stereocenters. The Bertz CT molecular complexity index is 3100. The van der Waals surface area contributed by atoms with Gasteiger partial charge in [0.2, 0.25) is 5.95 Å². The number of fused-ring (bicyclic) bond motifs is 7. The van der Waals surface area contributed by atoms with E-state index >= 15 is 0 Å². The highest BCUT2D eigenvalue weighted by atomic mass is 15.2. The number of aromatic nitrogens is 5. The quantitative estimate of drug-likeness (QED) is 0.172. The Labute approximate surface area is 323 Å². The van der Waals surface area contributed by atoms with Gasteiger partial charge in [-0.05, 0) is 58.7 Å². The number of benzene rings is 8. The molecule has 0 spiro atoms. The topological polar surface area (TPSA) is 48.5 Å². The smallest absolute Gasteiger partial charge is 0.238 e. The molecule has 0 aliphatic heterocycles. The lowest BCUT2D eigenvalue weighted by atomic mass is 10.0. The summed E-state index contributed by atoms with van der Waals surface area (Å²) in [5, 5.41) is 4.73. The van der Waals surface area contributed by atoms with Gasteiger partial charge < -0.3 is 4.57 Å². The number of hydrogen-bond donors (Lipinski definition) is 0. The number of nitrogens with zero attached hydrogens (tertiary/aromatic N) is 5. The molecular formula is C51H33N5. The van der Waals surface area contributed by atoms with Crippen LogP contribution in [0.3, 0.4) is 0 Å². The maximum atomic E-state index is 5.27. The molecule has 0 atom stereocenters. The molecule has 0 saturated heterocycles. The van der Waals surface area contributed by atoms with Crippen molar-refractivity contribution < 1.29 is 0 Å². The predicted molar refractivity (Wildman–Crippen MR) is 230 cm³/mol. The van der Waals surface area contributed by atoms with Gasteiger partial charge in [-0.25, -0.2) is 4.98 Å². The summed E-state index contributed by atoms with van der Waals surface area (Å²) in [5.41, 5.74) is 12.0. The molecule has 8 aromatic carbocycles. The van der Waals surface area contributed by atoms with Crippen LogP contribution >= 0.6 is 0 Å². The molecule has 3 heterocycles. The molecule has 11 rings (SSSR count). The molecule has 0 saturated carbocycles. The Balaban J connectivity index is 1.16. The second kappa shape index (κ2) is 13.0. The summed E-state index contributed by atoms with van der Waals surface area (Å²) in [6, 6.07) is 70.2. The van der Waals surface area contributed by atoms with Crippen molar-refractivity contribution in [1.82, 2.24) is 24.1 Å². The zero-order valence-corrected chi connectivity index (χ0v) is 30.3. The minimum atomic E-state index is 0.571.